The Bertz CT molecular complexity index is 942. The van der Waals surface area contributed by atoms with Crippen LogP contribution in [-0.4, -0.2) is 71.3 Å². The van der Waals surface area contributed by atoms with Crippen molar-refractivity contribution in [2.75, 3.05) is 13.2 Å². The Kier molecular flexibility index (Phi) is 11.4. The number of likely N-dealkylation sites (tertiary alicyclic amines) is 1. The van der Waals surface area contributed by atoms with Gasteiger partial charge in [0.25, 0.3) is 0 Å². The number of aliphatic carboxylic acids is 1. The summed E-state index contributed by atoms with van der Waals surface area (Å²) in [5.41, 5.74) is 0.900. The second-order valence-corrected chi connectivity index (χ2v) is 10.1. The summed E-state index contributed by atoms with van der Waals surface area (Å²) >= 11 is 0. The monoisotopic (exact) mass is 531 g/mol. The summed E-state index contributed by atoms with van der Waals surface area (Å²) in [6.45, 7) is 4.18. The average Bonchev–Trinajstić information content (AvgIpc) is 3.31. The minimum atomic E-state index is -0.975. The van der Waals surface area contributed by atoms with Crippen molar-refractivity contribution in [2.45, 2.75) is 96.0 Å². The Morgan fingerprint density at radius 3 is 2.53 bits per heavy atom. The van der Waals surface area contributed by atoms with E-state index in [2.05, 4.69) is 10.6 Å². The van der Waals surface area contributed by atoms with E-state index in [9.17, 15) is 24.3 Å². The molecule has 0 spiro atoms. The van der Waals surface area contributed by atoms with Crippen molar-refractivity contribution in [2.24, 2.45) is 5.92 Å². The number of fused-ring (bicyclic) bond motifs is 1. The molecule has 3 rings (SSSR count). The molecule has 0 bridgehead atoms. The van der Waals surface area contributed by atoms with Crippen molar-refractivity contribution in [3.05, 3.63) is 35.9 Å². The number of carbonyl (C=O) groups is 4. The normalized spacial score (nSPS) is 22.2. The van der Waals surface area contributed by atoms with Gasteiger partial charge in [-0.1, -0.05) is 43.2 Å². The van der Waals surface area contributed by atoms with E-state index >= 15 is 0 Å². The number of unbranched alkanes of at least 4 members (excludes halogenated alkanes) is 1. The highest BCUT2D eigenvalue weighted by Crippen LogP contribution is 2.40. The minimum absolute atomic E-state index is 0.0598. The van der Waals surface area contributed by atoms with Crippen molar-refractivity contribution in [1.82, 2.24) is 15.5 Å². The Morgan fingerprint density at radius 2 is 1.82 bits per heavy atom. The third kappa shape index (κ3) is 8.18. The number of amides is 2. The molecule has 1 aromatic carbocycles. The molecule has 38 heavy (non-hydrogen) atoms. The third-order valence-corrected chi connectivity index (χ3v) is 7.42. The van der Waals surface area contributed by atoms with Crippen molar-refractivity contribution in [1.29, 1.82) is 0 Å². The summed E-state index contributed by atoms with van der Waals surface area (Å²) in [6, 6.07) is 7.06. The summed E-state index contributed by atoms with van der Waals surface area (Å²) in [6.07, 6.45) is 5.40. The number of carboxylic acid groups (broad SMARTS) is 1. The quantitative estimate of drug-likeness (QED) is 0.261. The molecule has 2 aliphatic rings. The predicted octanol–water partition coefficient (Wildman–Crippen LogP) is 3.24. The second kappa shape index (κ2) is 14.7. The van der Waals surface area contributed by atoms with E-state index in [0.29, 0.717) is 32.2 Å². The van der Waals surface area contributed by atoms with Gasteiger partial charge in [0.1, 0.15) is 18.7 Å². The van der Waals surface area contributed by atoms with Crippen LogP contribution < -0.4 is 10.6 Å². The van der Waals surface area contributed by atoms with Gasteiger partial charge >= 0.3 is 18.0 Å². The van der Waals surface area contributed by atoms with Crippen molar-refractivity contribution in [3.8, 4) is 0 Å². The van der Waals surface area contributed by atoms with Crippen LogP contribution >= 0.6 is 0 Å². The fourth-order valence-electron chi connectivity index (χ4n) is 5.54. The number of hydrogen-bond acceptors (Lipinski definition) is 7. The number of ether oxygens (including phenoxy) is 2. The van der Waals surface area contributed by atoms with E-state index < -0.39 is 36.2 Å². The van der Waals surface area contributed by atoms with Crippen LogP contribution in [0.4, 0.5) is 4.79 Å². The van der Waals surface area contributed by atoms with Gasteiger partial charge in [-0.05, 0) is 63.9 Å². The van der Waals surface area contributed by atoms with Crippen molar-refractivity contribution >= 4 is 23.9 Å². The van der Waals surface area contributed by atoms with Gasteiger partial charge in [-0.15, -0.1) is 0 Å². The maximum Gasteiger partial charge on any atom is 0.407 e. The summed E-state index contributed by atoms with van der Waals surface area (Å²) in [5.74, 6) is -1.50. The number of hydrogen-bond donors (Lipinski definition) is 3. The highest BCUT2D eigenvalue weighted by molar-refractivity contribution is 5.88. The molecular formula is C28H41N3O7. The number of alkyl carbamates (subject to hydrolysis) is 1. The molecule has 0 aromatic heterocycles. The molecule has 1 aliphatic carbocycles. The van der Waals surface area contributed by atoms with Crippen molar-refractivity contribution in [3.63, 3.8) is 0 Å². The fraction of sp³-hybridized carbons (Fsp3) is 0.643. The summed E-state index contributed by atoms with van der Waals surface area (Å²) in [4.78, 5) is 51.5. The first-order valence-electron chi connectivity index (χ1n) is 13.7. The summed E-state index contributed by atoms with van der Waals surface area (Å²) < 4.78 is 10.4. The number of carboxylic acids is 1. The first kappa shape index (κ1) is 29.4. The Morgan fingerprint density at radius 1 is 1.08 bits per heavy atom. The number of rotatable bonds is 13. The molecule has 1 heterocycles. The second-order valence-electron chi connectivity index (χ2n) is 10.1. The van der Waals surface area contributed by atoms with Crippen LogP contribution in [0.2, 0.25) is 0 Å². The maximum atomic E-state index is 13.4. The highest BCUT2D eigenvalue weighted by Gasteiger charge is 2.48. The molecule has 0 radical (unpaired) electrons. The number of nitrogens with zero attached hydrogens (tertiary/aromatic N) is 1. The zero-order chi connectivity index (χ0) is 27.5. The lowest BCUT2D eigenvalue weighted by atomic mass is 9.84. The van der Waals surface area contributed by atoms with Crippen LogP contribution in [0.25, 0.3) is 0 Å². The molecule has 10 heteroatoms. The zero-order valence-corrected chi connectivity index (χ0v) is 22.4. The molecule has 210 valence electrons. The summed E-state index contributed by atoms with van der Waals surface area (Å²) in [7, 11) is 0. The molecule has 1 aromatic rings. The molecule has 1 saturated carbocycles. The van der Waals surface area contributed by atoms with Crippen LogP contribution in [0.15, 0.2) is 30.3 Å². The topological polar surface area (TPSA) is 134 Å². The van der Waals surface area contributed by atoms with Crippen LogP contribution in [0.5, 0.6) is 0 Å². The van der Waals surface area contributed by atoms with Gasteiger partial charge in [0.2, 0.25) is 5.91 Å². The largest absolute Gasteiger partial charge is 0.480 e. The van der Waals surface area contributed by atoms with E-state index in [1.54, 1.807) is 18.7 Å². The van der Waals surface area contributed by atoms with Gasteiger partial charge in [0.05, 0.1) is 12.6 Å². The zero-order valence-electron chi connectivity index (χ0n) is 22.4. The molecule has 10 nitrogen and oxygen atoms in total. The van der Waals surface area contributed by atoms with E-state index in [-0.39, 0.29) is 31.1 Å². The van der Waals surface area contributed by atoms with E-state index in [1.807, 2.05) is 30.3 Å². The smallest absolute Gasteiger partial charge is 0.407 e. The minimum Gasteiger partial charge on any atom is -0.480 e. The standard InChI is InChI=1S/C28H41N3O7/c1-3-37-27(35)22(14-9-10-16-29-28(36)38-18-20-11-5-4-6-12-20)30-19(2)25(32)31-23-15-8-7-13-21(23)17-24(31)26(33)34/h4-6,11-12,19,21-24,30H,3,7-10,13-18H2,1-2H3,(H,29,36)(H,33,34)/t19-,21-,22+,23-,24+/m1/s1. The Labute approximate surface area is 224 Å². The molecular weight excluding hydrogens is 490 g/mol. The number of nitrogens with one attached hydrogen (secondary N) is 2. The van der Waals surface area contributed by atoms with Crippen LogP contribution in [0.1, 0.15) is 70.8 Å². The van der Waals surface area contributed by atoms with Gasteiger partial charge < -0.3 is 24.8 Å². The average molecular weight is 532 g/mol. The van der Waals surface area contributed by atoms with Gasteiger partial charge in [-0.3, -0.25) is 14.9 Å². The van der Waals surface area contributed by atoms with Gasteiger partial charge in [0.15, 0.2) is 0 Å². The van der Waals surface area contributed by atoms with Gasteiger partial charge in [-0.25, -0.2) is 9.59 Å². The van der Waals surface area contributed by atoms with Gasteiger partial charge in [-0.2, -0.15) is 0 Å². The van der Waals surface area contributed by atoms with Crippen LogP contribution in [-0.2, 0) is 30.5 Å². The predicted molar refractivity (Wildman–Crippen MR) is 140 cm³/mol. The Hall–Kier alpha value is -3.14. The Balaban J connectivity index is 1.48. The number of benzene rings is 1. The molecule has 1 aliphatic heterocycles. The first-order valence-corrected chi connectivity index (χ1v) is 13.7. The molecule has 2 fully saturated rings. The molecule has 0 unspecified atom stereocenters. The van der Waals surface area contributed by atoms with Crippen LogP contribution in [0.3, 0.4) is 0 Å². The highest BCUT2D eigenvalue weighted by atomic mass is 16.5. The number of esters is 1. The first-order chi connectivity index (χ1) is 18.3. The molecule has 5 atom stereocenters. The van der Waals surface area contributed by atoms with E-state index in [1.165, 1.54) is 0 Å². The molecule has 1 saturated heterocycles. The summed E-state index contributed by atoms with van der Waals surface area (Å²) in [5, 5.41) is 15.6. The van der Waals surface area contributed by atoms with E-state index in [0.717, 1.165) is 31.2 Å². The van der Waals surface area contributed by atoms with Crippen LogP contribution in [0, 0.1) is 5.92 Å². The third-order valence-electron chi connectivity index (χ3n) is 7.42. The SMILES string of the molecule is CCOC(=O)[C@H](CCCCNC(=O)OCc1ccccc1)N[C@H](C)C(=O)N1[C@@H]2CCCC[C@@H]2C[C@H]1C(=O)O. The molecule has 2 amide bonds. The lowest BCUT2D eigenvalue weighted by Crippen LogP contribution is -2.55. The lowest BCUT2D eigenvalue weighted by Gasteiger charge is -2.35. The molecule has 3 N–H and O–H groups in total. The van der Waals surface area contributed by atoms with Crippen molar-refractivity contribution < 1.29 is 33.8 Å². The maximum absolute atomic E-state index is 13.4. The number of carbonyl (C=O) groups excluding carboxylic acids is 3. The lowest BCUT2D eigenvalue weighted by molar-refractivity contribution is -0.152. The van der Waals surface area contributed by atoms with Gasteiger partial charge in [0, 0.05) is 12.6 Å². The fourth-order valence-corrected chi connectivity index (χ4v) is 5.54. The van der Waals surface area contributed by atoms with E-state index in [4.69, 9.17) is 9.47 Å².